The van der Waals surface area contributed by atoms with Gasteiger partial charge < -0.3 is 10.8 Å². The maximum absolute atomic E-state index is 13.0. The summed E-state index contributed by atoms with van der Waals surface area (Å²) in [6.45, 7) is 1.91. The van der Waals surface area contributed by atoms with E-state index in [2.05, 4.69) is 0 Å². The van der Waals surface area contributed by atoms with Gasteiger partial charge in [-0.1, -0.05) is 12.1 Å². The first-order valence-corrected chi connectivity index (χ1v) is 4.27. The number of hydrogen-bond acceptors (Lipinski definition) is 2. The lowest BCUT2D eigenvalue weighted by Crippen LogP contribution is -2.22. The Balaban J connectivity index is 2.83. The third-order valence-corrected chi connectivity index (χ3v) is 2.11. The predicted octanol–water partition coefficient (Wildman–Crippen LogP) is 0.996. The lowest BCUT2D eigenvalue weighted by molar-refractivity contribution is 0.183. The third-order valence-electron chi connectivity index (χ3n) is 2.11. The monoisotopic (exact) mass is 183 g/mol. The third kappa shape index (κ3) is 2.50. The summed E-state index contributed by atoms with van der Waals surface area (Å²) in [6.07, 6.45) is -0.166. The van der Waals surface area contributed by atoms with Gasteiger partial charge >= 0.3 is 0 Å². The van der Waals surface area contributed by atoms with Gasteiger partial charge in [-0.2, -0.15) is 0 Å². The van der Waals surface area contributed by atoms with Crippen molar-refractivity contribution in [2.75, 3.05) is 6.54 Å². The molecule has 13 heavy (non-hydrogen) atoms. The van der Waals surface area contributed by atoms with Gasteiger partial charge in [-0.25, -0.2) is 4.39 Å². The smallest absolute Gasteiger partial charge is 0.126 e. The standard InChI is InChI=1S/C10H14FNO/c1-7-8(5-9(13)6-12)3-2-4-10(7)11/h2-4,9,13H,5-6,12H2,1H3. The molecular weight excluding hydrogens is 169 g/mol. The molecule has 0 aliphatic rings. The van der Waals surface area contributed by atoms with E-state index in [1.54, 1.807) is 19.1 Å². The summed E-state index contributed by atoms with van der Waals surface area (Å²) in [7, 11) is 0. The van der Waals surface area contributed by atoms with Crippen LogP contribution in [0.2, 0.25) is 0 Å². The summed E-state index contributed by atoms with van der Waals surface area (Å²) < 4.78 is 13.0. The molecule has 0 saturated heterocycles. The van der Waals surface area contributed by atoms with E-state index in [1.165, 1.54) is 6.07 Å². The average Bonchev–Trinajstić information content (AvgIpc) is 2.13. The second-order valence-corrected chi connectivity index (χ2v) is 3.12. The van der Waals surface area contributed by atoms with Crippen molar-refractivity contribution in [3.63, 3.8) is 0 Å². The minimum absolute atomic E-state index is 0.204. The Bertz CT molecular complexity index is 288. The van der Waals surface area contributed by atoms with Gasteiger partial charge in [-0.15, -0.1) is 0 Å². The number of halogens is 1. The number of aliphatic hydroxyl groups excluding tert-OH is 1. The van der Waals surface area contributed by atoms with Gasteiger partial charge in [0.05, 0.1) is 6.10 Å². The van der Waals surface area contributed by atoms with Crippen molar-refractivity contribution in [3.8, 4) is 0 Å². The predicted molar refractivity (Wildman–Crippen MR) is 49.9 cm³/mol. The molecule has 1 rings (SSSR count). The first kappa shape index (κ1) is 10.2. The Morgan fingerprint density at radius 3 is 2.85 bits per heavy atom. The van der Waals surface area contributed by atoms with Crippen LogP contribution in [0.15, 0.2) is 18.2 Å². The molecule has 0 heterocycles. The van der Waals surface area contributed by atoms with E-state index in [-0.39, 0.29) is 12.4 Å². The van der Waals surface area contributed by atoms with Crippen LogP contribution in [0.3, 0.4) is 0 Å². The highest BCUT2D eigenvalue weighted by Crippen LogP contribution is 2.13. The molecule has 1 aromatic carbocycles. The zero-order chi connectivity index (χ0) is 9.84. The van der Waals surface area contributed by atoms with E-state index >= 15 is 0 Å². The number of nitrogens with two attached hydrogens (primary N) is 1. The summed E-state index contributed by atoms with van der Waals surface area (Å²) in [6, 6.07) is 4.85. The second-order valence-electron chi connectivity index (χ2n) is 3.12. The maximum atomic E-state index is 13.0. The highest BCUT2D eigenvalue weighted by atomic mass is 19.1. The van der Waals surface area contributed by atoms with Crippen LogP contribution in [0, 0.1) is 12.7 Å². The first-order chi connectivity index (χ1) is 6.15. The van der Waals surface area contributed by atoms with E-state index in [4.69, 9.17) is 5.73 Å². The van der Waals surface area contributed by atoms with Crippen LogP contribution < -0.4 is 5.73 Å². The van der Waals surface area contributed by atoms with Gasteiger partial charge in [0, 0.05) is 6.54 Å². The summed E-state index contributed by atoms with van der Waals surface area (Å²) in [5, 5.41) is 9.28. The van der Waals surface area contributed by atoms with Crippen LogP contribution in [0.25, 0.3) is 0 Å². The number of benzene rings is 1. The number of hydrogen-bond donors (Lipinski definition) is 2. The number of rotatable bonds is 3. The van der Waals surface area contributed by atoms with Crippen molar-refractivity contribution >= 4 is 0 Å². The molecule has 0 radical (unpaired) electrons. The molecule has 0 spiro atoms. The van der Waals surface area contributed by atoms with E-state index in [1.807, 2.05) is 0 Å². The zero-order valence-corrected chi connectivity index (χ0v) is 7.63. The Kier molecular flexibility index (Phi) is 3.39. The van der Waals surface area contributed by atoms with Gasteiger partial charge in [0.25, 0.3) is 0 Å². The van der Waals surface area contributed by atoms with Crippen molar-refractivity contribution in [1.82, 2.24) is 0 Å². The van der Waals surface area contributed by atoms with E-state index in [0.717, 1.165) is 5.56 Å². The summed E-state index contributed by atoms with van der Waals surface area (Å²) >= 11 is 0. The van der Waals surface area contributed by atoms with E-state index in [0.29, 0.717) is 12.0 Å². The largest absolute Gasteiger partial charge is 0.391 e. The molecule has 0 fully saturated rings. The molecule has 0 aliphatic heterocycles. The van der Waals surface area contributed by atoms with Gasteiger partial charge in [-0.3, -0.25) is 0 Å². The zero-order valence-electron chi connectivity index (χ0n) is 7.63. The van der Waals surface area contributed by atoms with Crippen LogP contribution in [0.5, 0.6) is 0 Å². The molecule has 2 nitrogen and oxygen atoms in total. The topological polar surface area (TPSA) is 46.2 Å². The first-order valence-electron chi connectivity index (χ1n) is 4.27. The maximum Gasteiger partial charge on any atom is 0.126 e. The normalized spacial score (nSPS) is 12.9. The summed E-state index contributed by atoms with van der Waals surface area (Å²) in [5.74, 6) is -0.235. The average molecular weight is 183 g/mol. The van der Waals surface area contributed by atoms with E-state index in [9.17, 15) is 9.50 Å². The molecule has 0 bridgehead atoms. The van der Waals surface area contributed by atoms with Crippen molar-refractivity contribution in [2.24, 2.45) is 5.73 Å². The molecule has 0 aliphatic carbocycles. The van der Waals surface area contributed by atoms with Crippen molar-refractivity contribution in [2.45, 2.75) is 19.4 Å². The minimum Gasteiger partial charge on any atom is -0.391 e. The van der Waals surface area contributed by atoms with Crippen LogP contribution in [-0.4, -0.2) is 17.8 Å². The SMILES string of the molecule is Cc1c(F)cccc1CC(O)CN. The van der Waals surface area contributed by atoms with Crippen molar-refractivity contribution < 1.29 is 9.50 Å². The Morgan fingerprint density at radius 1 is 1.54 bits per heavy atom. The van der Waals surface area contributed by atoms with Crippen LogP contribution in [0.1, 0.15) is 11.1 Å². The molecule has 72 valence electrons. The number of aliphatic hydroxyl groups is 1. The fraction of sp³-hybridized carbons (Fsp3) is 0.400. The molecule has 1 aromatic rings. The minimum atomic E-state index is -0.583. The fourth-order valence-corrected chi connectivity index (χ4v) is 1.21. The molecule has 3 heteroatoms. The molecule has 0 amide bonds. The molecule has 1 unspecified atom stereocenters. The van der Waals surface area contributed by atoms with Gasteiger partial charge in [-0.05, 0) is 30.5 Å². The van der Waals surface area contributed by atoms with Crippen LogP contribution in [-0.2, 0) is 6.42 Å². The van der Waals surface area contributed by atoms with Crippen LogP contribution in [0.4, 0.5) is 4.39 Å². The van der Waals surface area contributed by atoms with Gasteiger partial charge in [0.1, 0.15) is 5.82 Å². The van der Waals surface area contributed by atoms with Gasteiger partial charge in [0.2, 0.25) is 0 Å². The lowest BCUT2D eigenvalue weighted by atomic mass is 10.0. The Hall–Kier alpha value is -0.930. The quantitative estimate of drug-likeness (QED) is 0.734. The fourth-order valence-electron chi connectivity index (χ4n) is 1.21. The van der Waals surface area contributed by atoms with Crippen molar-refractivity contribution in [1.29, 1.82) is 0 Å². The second kappa shape index (κ2) is 4.35. The van der Waals surface area contributed by atoms with Crippen LogP contribution >= 0.6 is 0 Å². The van der Waals surface area contributed by atoms with Crippen molar-refractivity contribution in [3.05, 3.63) is 35.1 Å². The molecule has 3 N–H and O–H groups in total. The molecule has 0 aromatic heterocycles. The Labute approximate surface area is 77.2 Å². The van der Waals surface area contributed by atoms with Gasteiger partial charge in [0.15, 0.2) is 0 Å². The Morgan fingerprint density at radius 2 is 2.23 bits per heavy atom. The molecule has 1 atom stereocenters. The summed E-state index contributed by atoms with van der Waals surface area (Å²) in [5.41, 5.74) is 6.67. The molecular formula is C10H14FNO. The summed E-state index contributed by atoms with van der Waals surface area (Å²) in [4.78, 5) is 0. The highest BCUT2D eigenvalue weighted by Gasteiger charge is 2.07. The molecule has 0 saturated carbocycles. The van der Waals surface area contributed by atoms with E-state index < -0.39 is 6.10 Å². The highest BCUT2D eigenvalue weighted by molar-refractivity contribution is 5.27. The lowest BCUT2D eigenvalue weighted by Gasteiger charge is -2.10.